The minimum Gasteiger partial charge on any atom is -0.480 e. The SMILES string of the molecule is CC1CN(C2Cc3ccc(C(F)(F)F)cc3N(CC(=O)O)C2=O)C(=O)[C@@H](N(C)C(=O)OCC2c3ccccc3-c3ccccc32)C[C@@H]1C. The highest BCUT2D eigenvalue weighted by Crippen LogP contribution is 2.45. The largest absolute Gasteiger partial charge is 0.480 e. The molecule has 252 valence electrons. The number of carbonyl (C=O) groups is 4. The van der Waals surface area contributed by atoms with E-state index in [0.717, 1.165) is 39.3 Å². The summed E-state index contributed by atoms with van der Waals surface area (Å²) in [5, 5.41) is 9.57. The standard InChI is InChI=1S/C36H36F3N3O6/c1-20-14-30(40(3)35(47)48-19-28-26-10-6-4-8-24(26)25-9-5-7-11-27(25)28)33(45)41(17-21(20)2)31-15-22-12-13-23(36(37,38)39)16-29(22)42(34(31)46)18-32(43)44/h4-13,16,20-21,28,30-31H,14-15,17-19H2,1-3H3,(H,43,44)/t20-,21?,30-,31?/m0/s1. The summed E-state index contributed by atoms with van der Waals surface area (Å²) in [6.45, 7) is 3.19. The quantitative estimate of drug-likeness (QED) is 0.357. The van der Waals surface area contributed by atoms with Gasteiger partial charge in [0.1, 0.15) is 25.2 Å². The number of alkyl halides is 3. The maximum atomic E-state index is 14.3. The molecule has 1 saturated heterocycles. The molecule has 0 radical (unpaired) electrons. The maximum absolute atomic E-state index is 14.3. The molecule has 1 fully saturated rings. The summed E-state index contributed by atoms with van der Waals surface area (Å²) in [6.07, 6.45) is -5.21. The van der Waals surface area contributed by atoms with Crippen LogP contribution in [0.3, 0.4) is 0 Å². The van der Waals surface area contributed by atoms with Crippen LogP contribution in [-0.2, 0) is 31.7 Å². The average Bonchev–Trinajstić information content (AvgIpc) is 3.32. The first-order valence-corrected chi connectivity index (χ1v) is 15.9. The maximum Gasteiger partial charge on any atom is 0.416 e. The lowest BCUT2D eigenvalue weighted by atomic mass is 9.90. The number of rotatable bonds is 6. The van der Waals surface area contributed by atoms with Gasteiger partial charge in [0.05, 0.1) is 5.56 Å². The van der Waals surface area contributed by atoms with Crippen molar-refractivity contribution in [3.63, 3.8) is 0 Å². The second-order valence-corrected chi connectivity index (χ2v) is 13.0. The molecule has 1 N–H and O–H groups in total. The Kier molecular flexibility index (Phi) is 8.69. The summed E-state index contributed by atoms with van der Waals surface area (Å²) >= 11 is 0. The number of nitrogens with zero attached hydrogens (tertiary/aromatic N) is 3. The Morgan fingerprint density at radius 3 is 2.17 bits per heavy atom. The number of ether oxygens (including phenoxy) is 1. The van der Waals surface area contributed by atoms with E-state index in [-0.39, 0.29) is 43.0 Å². The van der Waals surface area contributed by atoms with Crippen LogP contribution in [0.1, 0.15) is 48.4 Å². The number of carboxylic acids is 1. The summed E-state index contributed by atoms with van der Waals surface area (Å²) in [6, 6.07) is 16.6. The number of hydrogen-bond acceptors (Lipinski definition) is 5. The highest BCUT2D eigenvalue weighted by atomic mass is 19.4. The molecule has 48 heavy (non-hydrogen) atoms. The van der Waals surface area contributed by atoms with Crippen LogP contribution in [0.15, 0.2) is 66.7 Å². The van der Waals surface area contributed by atoms with Crippen LogP contribution < -0.4 is 4.90 Å². The van der Waals surface area contributed by atoms with E-state index in [4.69, 9.17) is 4.74 Å². The molecular formula is C36H36F3N3O6. The number of carbonyl (C=O) groups excluding carboxylic acids is 3. The molecule has 1 aliphatic carbocycles. The number of likely N-dealkylation sites (tertiary alicyclic amines) is 1. The fourth-order valence-corrected chi connectivity index (χ4v) is 7.18. The third kappa shape index (κ3) is 5.99. The lowest BCUT2D eigenvalue weighted by Crippen LogP contribution is -2.59. The lowest BCUT2D eigenvalue weighted by Gasteiger charge is -2.40. The van der Waals surface area contributed by atoms with Crippen LogP contribution >= 0.6 is 0 Å². The monoisotopic (exact) mass is 663 g/mol. The second-order valence-electron chi connectivity index (χ2n) is 13.0. The summed E-state index contributed by atoms with van der Waals surface area (Å²) < 4.78 is 46.4. The Hall–Kier alpha value is -4.87. The van der Waals surface area contributed by atoms with Crippen LogP contribution in [-0.4, -0.2) is 77.6 Å². The number of halogens is 3. The lowest BCUT2D eigenvalue weighted by molar-refractivity contribution is -0.143. The average molecular weight is 664 g/mol. The van der Waals surface area contributed by atoms with Crippen LogP contribution in [0.2, 0.25) is 0 Å². The Morgan fingerprint density at radius 1 is 0.938 bits per heavy atom. The number of anilines is 1. The van der Waals surface area contributed by atoms with Gasteiger partial charge in [0.2, 0.25) is 5.91 Å². The van der Waals surface area contributed by atoms with Crippen molar-refractivity contribution in [2.24, 2.45) is 11.8 Å². The zero-order chi connectivity index (χ0) is 34.5. The van der Waals surface area contributed by atoms with E-state index in [2.05, 4.69) is 0 Å². The first kappa shape index (κ1) is 33.0. The van der Waals surface area contributed by atoms with Crippen molar-refractivity contribution >= 4 is 29.6 Å². The topological polar surface area (TPSA) is 107 Å². The molecule has 6 rings (SSSR count). The van der Waals surface area contributed by atoms with Gasteiger partial charge in [0, 0.05) is 31.6 Å². The van der Waals surface area contributed by atoms with Crippen molar-refractivity contribution in [3.05, 3.63) is 89.0 Å². The Morgan fingerprint density at radius 2 is 1.56 bits per heavy atom. The van der Waals surface area contributed by atoms with Crippen molar-refractivity contribution in [1.29, 1.82) is 0 Å². The minimum atomic E-state index is -4.70. The van der Waals surface area contributed by atoms with E-state index >= 15 is 0 Å². The predicted octanol–water partition coefficient (Wildman–Crippen LogP) is 5.80. The molecule has 3 aromatic carbocycles. The molecule has 3 aliphatic rings. The molecule has 3 amide bonds. The van der Waals surface area contributed by atoms with Gasteiger partial charge in [-0.05, 0) is 58.2 Å². The molecular weight excluding hydrogens is 627 g/mol. The van der Waals surface area contributed by atoms with Crippen molar-refractivity contribution in [1.82, 2.24) is 9.80 Å². The number of carboxylic acid groups (broad SMARTS) is 1. The van der Waals surface area contributed by atoms with E-state index < -0.39 is 54.2 Å². The molecule has 0 aromatic heterocycles. The first-order chi connectivity index (χ1) is 22.8. The summed E-state index contributed by atoms with van der Waals surface area (Å²) in [4.78, 5) is 56.9. The molecule has 2 heterocycles. The van der Waals surface area contributed by atoms with Crippen LogP contribution in [0.4, 0.5) is 23.7 Å². The highest BCUT2D eigenvalue weighted by molar-refractivity contribution is 6.05. The van der Waals surface area contributed by atoms with Crippen molar-refractivity contribution in [2.45, 2.75) is 50.9 Å². The van der Waals surface area contributed by atoms with Gasteiger partial charge in [-0.3, -0.25) is 24.2 Å². The third-order valence-corrected chi connectivity index (χ3v) is 10.0. The Balaban J connectivity index is 1.25. The zero-order valence-electron chi connectivity index (χ0n) is 26.7. The number of fused-ring (bicyclic) bond motifs is 4. The smallest absolute Gasteiger partial charge is 0.416 e. The Bertz CT molecular complexity index is 1730. The van der Waals surface area contributed by atoms with E-state index in [1.54, 1.807) is 0 Å². The molecule has 9 nitrogen and oxygen atoms in total. The number of hydrogen-bond donors (Lipinski definition) is 1. The molecule has 0 bridgehead atoms. The van der Waals surface area contributed by atoms with E-state index in [9.17, 15) is 37.5 Å². The van der Waals surface area contributed by atoms with Crippen LogP contribution in [0, 0.1) is 11.8 Å². The van der Waals surface area contributed by atoms with Gasteiger partial charge in [0.15, 0.2) is 0 Å². The highest BCUT2D eigenvalue weighted by Gasteiger charge is 2.46. The number of benzene rings is 3. The van der Waals surface area contributed by atoms with Crippen LogP contribution in [0.5, 0.6) is 0 Å². The molecule has 2 aliphatic heterocycles. The van der Waals surface area contributed by atoms with Gasteiger partial charge in [-0.15, -0.1) is 0 Å². The van der Waals surface area contributed by atoms with Crippen LogP contribution in [0.25, 0.3) is 11.1 Å². The molecule has 3 aromatic rings. The van der Waals surface area contributed by atoms with Crippen molar-refractivity contribution in [3.8, 4) is 11.1 Å². The van der Waals surface area contributed by atoms with E-state index in [1.165, 1.54) is 22.9 Å². The second kappa shape index (κ2) is 12.6. The number of amides is 3. The normalized spacial score (nSPS) is 22.5. The number of aliphatic carboxylic acids is 1. The molecule has 2 unspecified atom stereocenters. The third-order valence-electron chi connectivity index (χ3n) is 10.0. The van der Waals surface area contributed by atoms with Crippen molar-refractivity contribution in [2.75, 3.05) is 31.6 Å². The van der Waals surface area contributed by atoms with Gasteiger partial charge in [0.25, 0.3) is 5.91 Å². The van der Waals surface area contributed by atoms with Gasteiger partial charge >= 0.3 is 18.2 Å². The number of likely N-dealkylation sites (N-methyl/N-ethyl adjacent to an activating group) is 1. The zero-order valence-corrected chi connectivity index (χ0v) is 26.7. The molecule has 0 saturated carbocycles. The summed E-state index contributed by atoms with van der Waals surface area (Å²) in [5.41, 5.74) is 3.38. The van der Waals surface area contributed by atoms with Gasteiger partial charge in [-0.2, -0.15) is 13.2 Å². The van der Waals surface area contributed by atoms with E-state index in [1.807, 2.05) is 62.4 Å². The molecule has 4 atom stereocenters. The Labute approximate surface area is 275 Å². The predicted molar refractivity (Wildman–Crippen MR) is 170 cm³/mol. The summed E-state index contributed by atoms with van der Waals surface area (Å²) in [7, 11) is 1.48. The van der Waals surface area contributed by atoms with E-state index in [0.29, 0.717) is 12.0 Å². The fourth-order valence-electron chi connectivity index (χ4n) is 7.18. The summed E-state index contributed by atoms with van der Waals surface area (Å²) in [5.74, 6) is -3.06. The van der Waals surface area contributed by atoms with Gasteiger partial charge in [-0.1, -0.05) is 68.4 Å². The molecule has 0 spiro atoms. The molecule has 12 heteroatoms. The fraction of sp³-hybridized carbons (Fsp3) is 0.389. The first-order valence-electron chi connectivity index (χ1n) is 15.9. The van der Waals surface area contributed by atoms with Gasteiger partial charge < -0.3 is 14.7 Å². The van der Waals surface area contributed by atoms with Crippen molar-refractivity contribution < 1.29 is 42.2 Å². The minimum absolute atomic E-state index is 0.0513. The van der Waals surface area contributed by atoms with Gasteiger partial charge in [-0.25, -0.2) is 4.79 Å².